The number of hydrogen-bond acceptors (Lipinski definition) is 12. The van der Waals surface area contributed by atoms with Crippen molar-refractivity contribution in [2.45, 2.75) is 66.7 Å². The number of ether oxygens (including phenoxy) is 1. The van der Waals surface area contributed by atoms with E-state index in [1.54, 1.807) is 64.6 Å². The Labute approximate surface area is 347 Å². The maximum atomic E-state index is 13.7. The van der Waals surface area contributed by atoms with Gasteiger partial charge in [-0.05, 0) is 64.4 Å². The molecule has 20 nitrogen and oxygen atoms in total. The lowest BCUT2D eigenvalue weighted by Crippen LogP contribution is -2.36. The number of nitrogens with one attached hydrogen (secondary N) is 2. The van der Waals surface area contributed by atoms with Crippen molar-refractivity contribution < 1.29 is 28.7 Å². The molecule has 0 aliphatic rings. The Morgan fingerprint density at radius 3 is 2.20 bits per heavy atom. The van der Waals surface area contributed by atoms with Crippen LogP contribution in [0.3, 0.4) is 0 Å². The third kappa shape index (κ3) is 9.16. The van der Waals surface area contributed by atoms with Crippen molar-refractivity contribution >= 4 is 68.2 Å². The number of primary amides is 2. The number of hydrazine groups is 1. The van der Waals surface area contributed by atoms with E-state index in [2.05, 4.69) is 30.9 Å². The van der Waals surface area contributed by atoms with Crippen LogP contribution in [0, 0.1) is 13.8 Å². The fraction of sp³-hybridized carbons (Fsp3) is 0.333. The molecule has 6 rings (SSSR count). The molecule has 0 unspecified atom stereocenters. The van der Waals surface area contributed by atoms with E-state index < -0.39 is 23.6 Å². The Morgan fingerprint density at radius 2 is 1.55 bits per heavy atom. The molecule has 0 spiro atoms. The number of benzene rings is 1. The molecular formula is C39H46N14O6S. The van der Waals surface area contributed by atoms with Crippen LogP contribution in [0.25, 0.3) is 21.4 Å². The zero-order valence-corrected chi connectivity index (χ0v) is 34.9. The number of rotatable bonds is 17. The first kappa shape index (κ1) is 42.6. The van der Waals surface area contributed by atoms with Gasteiger partial charge in [-0.25, -0.2) is 15.4 Å². The molecule has 5 heterocycles. The second-order valence-electron chi connectivity index (χ2n) is 13.6. The summed E-state index contributed by atoms with van der Waals surface area (Å²) in [5.41, 5.74) is 17.6. The van der Waals surface area contributed by atoms with Crippen molar-refractivity contribution in [3.05, 3.63) is 87.4 Å². The fourth-order valence-electron chi connectivity index (χ4n) is 6.39. The number of imidazole rings is 1. The number of allylic oxidation sites excluding steroid dienone is 2. The Kier molecular flexibility index (Phi) is 13.0. The highest BCUT2D eigenvalue weighted by atomic mass is 32.1. The van der Waals surface area contributed by atoms with Crippen LogP contribution in [0.15, 0.2) is 53.7 Å². The summed E-state index contributed by atoms with van der Waals surface area (Å²) in [4.78, 5) is 78.1. The molecule has 1 aromatic carbocycles. The highest BCUT2D eigenvalue weighted by molar-refractivity contribution is 7.16. The molecule has 314 valence electrons. The molecule has 21 heteroatoms. The summed E-state index contributed by atoms with van der Waals surface area (Å²) in [7, 11) is 3.26. The smallest absolute Gasteiger partial charge is 0.297 e. The summed E-state index contributed by atoms with van der Waals surface area (Å²) in [5, 5.41) is 13.1. The van der Waals surface area contributed by atoms with E-state index in [0.717, 1.165) is 0 Å². The molecule has 5 amide bonds. The first-order valence-electron chi connectivity index (χ1n) is 19.1. The number of carbonyl (C=O) groups is 5. The zero-order valence-electron chi connectivity index (χ0n) is 34.1. The molecule has 6 aromatic rings. The predicted molar refractivity (Wildman–Crippen MR) is 223 cm³/mol. The van der Waals surface area contributed by atoms with Crippen molar-refractivity contribution in [1.29, 1.82) is 0 Å². The van der Waals surface area contributed by atoms with E-state index in [-0.39, 0.29) is 54.8 Å². The maximum absolute atomic E-state index is 13.7. The van der Waals surface area contributed by atoms with Gasteiger partial charge in [0.05, 0.1) is 33.8 Å². The molecule has 0 atom stereocenters. The van der Waals surface area contributed by atoms with Crippen molar-refractivity contribution in [3.8, 4) is 5.75 Å². The van der Waals surface area contributed by atoms with Gasteiger partial charge in [-0.3, -0.25) is 48.2 Å². The highest BCUT2D eigenvalue weighted by Gasteiger charge is 2.22. The molecular weight excluding hydrogens is 793 g/mol. The summed E-state index contributed by atoms with van der Waals surface area (Å²) in [6.45, 7) is 8.71. The Balaban J connectivity index is 1.39. The minimum Gasteiger partial charge on any atom is -0.491 e. The van der Waals surface area contributed by atoms with Crippen LogP contribution in [-0.2, 0) is 31.0 Å². The first-order valence-corrected chi connectivity index (χ1v) is 19.9. The number of carbonyl (C=O) groups excluding carboxylic acids is 5. The number of thiazole rings is 1. The van der Waals surface area contributed by atoms with E-state index in [1.165, 1.54) is 34.7 Å². The normalized spacial score (nSPS) is 11.9. The minimum absolute atomic E-state index is 0.119. The maximum Gasteiger partial charge on any atom is 0.297 e. The number of pyridine rings is 1. The third-order valence-electron chi connectivity index (χ3n) is 9.42. The lowest BCUT2D eigenvalue weighted by atomic mass is 10.1. The van der Waals surface area contributed by atoms with Crippen LogP contribution in [0.1, 0.15) is 79.8 Å². The standard InChI is InChI=1S/C39H46N14O6S/c1-7-52-27(16-22(3)47-52)36(57)45-38-44-26-18-24(33(40)55)19-29(59-15-11-12-31(54)49(6)42-5)32(26)50(38)13-9-10-14-51-35-30(20-25(21-43-35)34(41)56)60-39(51)46-37(58)28-17-23(4)48-53(28)8-2/h9-10,16-21,42H,7-8,11-15H2,1-6H3,(H2,40,55)(H2,41,56)(H,44,45,57)/b10-9+,46-39-. The SMILES string of the molecule is CCn1nc(C)cc1C(=O)/N=c1\sc2cc(C(N)=O)cnc2n1C/C=C/Cn1c(NC(=O)c2cc(C)nn2CC)nc2cc(C(N)=O)cc(OCCCC(=O)N(C)NC)c21. The lowest BCUT2D eigenvalue weighted by molar-refractivity contribution is -0.132. The Morgan fingerprint density at radius 1 is 0.900 bits per heavy atom. The second kappa shape index (κ2) is 18.3. The Hall–Kier alpha value is -7.00. The van der Waals surface area contributed by atoms with Gasteiger partial charge in [0.1, 0.15) is 22.7 Å². The molecule has 0 aliphatic carbocycles. The number of nitrogens with two attached hydrogens (primary N) is 2. The van der Waals surface area contributed by atoms with E-state index in [9.17, 15) is 24.0 Å². The van der Waals surface area contributed by atoms with Crippen LogP contribution in [0.5, 0.6) is 5.75 Å². The summed E-state index contributed by atoms with van der Waals surface area (Å²) in [5.74, 6) is -2.03. The molecule has 0 saturated heterocycles. The average Bonchev–Trinajstić information content (AvgIpc) is 3.99. The van der Waals surface area contributed by atoms with Gasteiger partial charge in [-0.2, -0.15) is 15.2 Å². The molecule has 0 fully saturated rings. The zero-order chi connectivity index (χ0) is 43.2. The second-order valence-corrected chi connectivity index (χ2v) is 14.6. The summed E-state index contributed by atoms with van der Waals surface area (Å²) in [6.07, 6.45) is 5.58. The number of hydrogen-bond donors (Lipinski definition) is 4. The summed E-state index contributed by atoms with van der Waals surface area (Å²) in [6, 6.07) is 7.97. The number of anilines is 1. The molecule has 0 saturated carbocycles. The quantitative estimate of drug-likeness (QED) is 0.0590. The van der Waals surface area contributed by atoms with Gasteiger partial charge in [0.25, 0.3) is 11.8 Å². The van der Waals surface area contributed by atoms with Crippen LogP contribution >= 0.6 is 11.3 Å². The first-order chi connectivity index (χ1) is 28.7. The van der Waals surface area contributed by atoms with Crippen molar-refractivity contribution in [2.24, 2.45) is 16.5 Å². The number of fused-ring (bicyclic) bond motifs is 2. The number of aromatic nitrogens is 8. The molecule has 0 aliphatic heterocycles. The minimum atomic E-state index is -0.708. The van der Waals surface area contributed by atoms with Crippen LogP contribution in [0.2, 0.25) is 0 Å². The summed E-state index contributed by atoms with van der Waals surface area (Å²) >= 11 is 1.18. The third-order valence-corrected chi connectivity index (χ3v) is 10.4. The van der Waals surface area contributed by atoms with E-state index in [4.69, 9.17) is 21.2 Å². The largest absolute Gasteiger partial charge is 0.491 e. The summed E-state index contributed by atoms with van der Waals surface area (Å²) < 4.78 is 13.4. The van der Waals surface area contributed by atoms with Gasteiger partial charge < -0.3 is 20.8 Å². The lowest BCUT2D eigenvalue weighted by Gasteiger charge is -2.15. The van der Waals surface area contributed by atoms with Crippen molar-refractivity contribution in [3.63, 3.8) is 0 Å². The molecule has 0 bridgehead atoms. The van der Waals surface area contributed by atoms with Gasteiger partial charge in [0, 0.05) is 58.5 Å². The number of amides is 5. The number of nitrogens with zero attached hydrogens (tertiary/aromatic N) is 10. The van der Waals surface area contributed by atoms with Crippen molar-refractivity contribution in [2.75, 3.05) is 26.0 Å². The fourth-order valence-corrected chi connectivity index (χ4v) is 7.43. The monoisotopic (exact) mass is 838 g/mol. The molecule has 0 radical (unpaired) electrons. The number of aryl methyl sites for hydroxylation is 4. The van der Waals surface area contributed by atoms with Gasteiger partial charge in [-0.1, -0.05) is 23.5 Å². The van der Waals surface area contributed by atoms with E-state index in [0.29, 0.717) is 68.5 Å². The average molecular weight is 839 g/mol. The van der Waals surface area contributed by atoms with E-state index >= 15 is 0 Å². The van der Waals surface area contributed by atoms with Gasteiger partial charge in [-0.15, -0.1) is 0 Å². The van der Waals surface area contributed by atoms with Gasteiger partial charge in [0.2, 0.25) is 23.7 Å². The van der Waals surface area contributed by atoms with E-state index in [1.807, 2.05) is 26.0 Å². The van der Waals surface area contributed by atoms with Crippen LogP contribution in [0.4, 0.5) is 5.95 Å². The highest BCUT2D eigenvalue weighted by Crippen LogP contribution is 2.32. The van der Waals surface area contributed by atoms with Crippen molar-refractivity contribution in [1.82, 2.24) is 49.1 Å². The topological polar surface area (TPSA) is 258 Å². The molecule has 6 N–H and O–H groups in total. The predicted octanol–water partition coefficient (Wildman–Crippen LogP) is 2.70. The van der Waals surface area contributed by atoms with Crippen LogP contribution < -0.4 is 31.7 Å². The Bertz CT molecular complexity index is 2740. The van der Waals surface area contributed by atoms with Gasteiger partial charge >= 0.3 is 0 Å². The molecule has 60 heavy (non-hydrogen) atoms. The van der Waals surface area contributed by atoms with Crippen LogP contribution in [-0.4, -0.2) is 93.9 Å². The van der Waals surface area contributed by atoms with Gasteiger partial charge in [0.15, 0.2) is 10.4 Å². The molecule has 5 aromatic heterocycles.